The van der Waals surface area contributed by atoms with Gasteiger partial charge >= 0.3 is 0 Å². The van der Waals surface area contributed by atoms with Gasteiger partial charge in [0.15, 0.2) is 0 Å². The van der Waals surface area contributed by atoms with Crippen LogP contribution < -0.4 is 16.4 Å². The molecule has 4 N–H and O–H groups in total. The Morgan fingerprint density at radius 3 is 2.94 bits per heavy atom. The van der Waals surface area contributed by atoms with Gasteiger partial charge in [0.25, 0.3) is 0 Å². The number of primary amides is 1. The number of nitrogens with one attached hydrogen (secondary N) is 2. The van der Waals surface area contributed by atoms with Crippen LogP contribution in [0.2, 0.25) is 0 Å². The van der Waals surface area contributed by atoms with E-state index in [-0.39, 0.29) is 12.5 Å². The number of carbonyl (C=O) groups is 2. The smallest absolute Gasteiger partial charge is 0.239 e. The Morgan fingerprint density at radius 1 is 1.53 bits per heavy atom. The molecule has 2 amide bonds. The molecular weight excluding hydrogens is 222 g/mol. The molecule has 1 aliphatic carbocycles. The molecule has 0 radical (unpaired) electrons. The van der Waals surface area contributed by atoms with Gasteiger partial charge in [-0.15, -0.1) is 0 Å². The zero-order valence-corrected chi connectivity index (χ0v) is 9.35. The van der Waals surface area contributed by atoms with Crippen LogP contribution in [0, 0.1) is 0 Å². The van der Waals surface area contributed by atoms with E-state index in [1.807, 2.05) is 0 Å². The number of hydrogen-bond donors (Lipinski definition) is 3. The molecule has 1 saturated carbocycles. The molecule has 1 aliphatic rings. The standard InChI is InChI=1S/C10H15N5O2/c11-9(16)6-15-5-8(3-13-15)14-10(17)4-12-7-1-2-7/h3,5,7,12H,1-2,4,6H2,(H2,11,16)(H,14,17). The minimum Gasteiger partial charge on any atom is -0.368 e. The van der Waals surface area contributed by atoms with Crippen molar-refractivity contribution in [2.45, 2.75) is 25.4 Å². The van der Waals surface area contributed by atoms with Crippen LogP contribution in [0.3, 0.4) is 0 Å². The van der Waals surface area contributed by atoms with E-state index < -0.39 is 5.91 Å². The molecule has 0 spiro atoms. The van der Waals surface area contributed by atoms with Crippen molar-refractivity contribution in [2.75, 3.05) is 11.9 Å². The largest absolute Gasteiger partial charge is 0.368 e. The molecule has 1 fully saturated rings. The SMILES string of the molecule is NC(=O)Cn1cc(NC(=O)CNC2CC2)cn1. The summed E-state index contributed by atoms with van der Waals surface area (Å²) >= 11 is 0. The summed E-state index contributed by atoms with van der Waals surface area (Å²) in [5.74, 6) is -0.586. The van der Waals surface area contributed by atoms with E-state index in [0.29, 0.717) is 18.3 Å². The Labute approximate surface area is 98.4 Å². The summed E-state index contributed by atoms with van der Waals surface area (Å²) < 4.78 is 1.38. The number of carbonyl (C=O) groups excluding carboxylic acids is 2. The van der Waals surface area contributed by atoms with Crippen molar-refractivity contribution in [2.24, 2.45) is 5.73 Å². The maximum atomic E-state index is 11.5. The number of hydrogen-bond acceptors (Lipinski definition) is 4. The van der Waals surface area contributed by atoms with Gasteiger partial charge in [0, 0.05) is 12.2 Å². The van der Waals surface area contributed by atoms with Crippen LogP contribution in [0.25, 0.3) is 0 Å². The molecule has 1 aromatic rings. The van der Waals surface area contributed by atoms with Crippen molar-refractivity contribution >= 4 is 17.5 Å². The molecule has 92 valence electrons. The summed E-state index contributed by atoms with van der Waals surface area (Å²) in [5, 5.41) is 9.68. The molecule has 0 atom stereocenters. The third-order valence-corrected chi connectivity index (χ3v) is 2.36. The summed E-state index contributed by atoms with van der Waals surface area (Å²) in [6.45, 7) is 0.307. The number of amides is 2. The Bertz CT molecular complexity index is 424. The molecule has 0 unspecified atom stereocenters. The minimum absolute atomic E-state index is 0.0101. The molecule has 7 heteroatoms. The average Bonchev–Trinajstić information content (AvgIpc) is 2.98. The number of nitrogens with two attached hydrogens (primary N) is 1. The molecule has 17 heavy (non-hydrogen) atoms. The van der Waals surface area contributed by atoms with Gasteiger partial charge in [0.2, 0.25) is 11.8 Å². The molecular formula is C10H15N5O2. The fourth-order valence-electron chi connectivity index (χ4n) is 1.40. The molecule has 1 heterocycles. The maximum Gasteiger partial charge on any atom is 0.239 e. The third-order valence-electron chi connectivity index (χ3n) is 2.36. The van der Waals surface area contributed by atoms with E-state index >= 15 is 0 Å². The van der Waals surface area contributed by atoms with E-state index in [4.69, 9.17) is 5.73 Å². The highest BCUT2D eigenvalue weighted by Crippen LogP contribution is 2.18. The summed E-state index contributed by atoms with van der Waals surface area (Å²) in [6, 6.07) is 0.498. The Hall–Kier alpha value is -1.89. The van der Waals surface area contributed by atoms with Crippen LogP contribution in [0.4, 0.5) is 5.69 Å². The number of rotatable bonds is 6. The summed E-state index contributed by atoms with van der Waals surface area (Å²) in [4.78, 5) is 22.1. The van der Waals surface area contributed by atoms with Crippen molar-refractivity contribution in [1.29, 1.82) is 0 Å². The highest BCUT2D eigenvalue weighted by molar-refractivity contribution is 5.92. The summed E-state index contributed by atoms with van der Waals surface area (Å²) in [7, 11) is 0. The Kier molecular flexibility index (Phi) is 3.38. The zero-order valence-electron chi connectivity index (χ0n) is 9.35. The molecule has 0 aromatic carbocycles. The average molecular weight is 237 g/mol. The summed E-state index contributed by atoms with van der Waals surface area (Å²) in [6.07, 6.45) is 5.34. The Morgan fingerprint density at radius 2 is 2.29 bits per heavy atom. The number of aromatic nitrogens is 2. The van der Waals surface area contributed by atoms with Crippen LogP contribution in [0.15, 0.2) is 12.4 Å². The van der Waals surface area contributed by atoms with Crippen molar-refractivity contribution < 1.29 is 9.59 Å². The van der Waals surface area contributed by atoms with Crippen molar-refractivity contribution in [3.63, 3.8) is 0 Å². The molecule has 7 nitrogen and oxygen atoms in total. The number of anilines is 1. The molecule has 0 aliphatic heterocycles. The van der Waals surface area contributed by atoms with E-state index in [0.717, 1.165) is 12.8 Å². The predicted octanol–water partition coefficient (Wildman–Crippen LogP) is -0.941. The first kappa shape index (κ1) is 11.6. The second-order valence-electron chi connectivity index (χ2n) is 4.10. The molecule has 2 rings (SSSR count). The fourth-order valence-corrected chi connectivity index (χ4v) is 1.40. The molecule has 1 aromatic heterocycles. The van der Waals surface area contributed by atoms with Crippen LogP contribution in [-0.4, -0.2) is 34.2 Å². The lowest BCUT2D eigenvalue weighted by Crippen LogP contribution is -2.29. The highest BCUT2D eigenvalue weighted by atomic mass is 16.2. The summed E-state index contributed by atoms with van der Waals surface area (Å²) in [5.41, 5.74) is 5.59. The van der Waals surface area contributed by atoms with Gasteiger partial charge < -0.3 is 16.4 Å². The predicted molar refractivity (Wildman–Crippen MR) is 61.1 cm³/mol. The fraction of sp³-hybridized carbons (Fsp3) is 0.500. The van der Waals surface area contributed by atoms with E-state index in [9.17, 15) is 9.59 Å². The van der Waals surface area contributed by atoms with Gasteiger partial charge in [-0.05, 0) is 12.8 Å². The highest BCUT2D eigenvalue weighted by Gasteiger charge is 2.21. The maximum absolute atomic E-state index is 11.5. The normalized spacial score (nSPS) is 14.6. The van der Waals surface area contributed by atoms with Crippen molar-refractivity contribution in [1.82, 2.24) is 15.1 Å². The lowest BCUT2D eigenvalue weighted by Gasteiger charge is -2.02. The van der Waals surface area contributed by atoms with Crippen LogP contribution in [0.1, 0.15) is 12.8 Å². The van der Waals surface area contributed by atoms with Crippen LogP contribution >= 0.6 is 0 Å². The van der Waals surface area contributed by atoms with E-state index in [1.165, 1.54) is 10.9 Å². The van der Waals surface area contributed by atoms with Crippen molar-refractivity contribution in [3.8, 4) is 0 Å². The first-order valence-corrected chi connectivity index (χ1v) is 5.47. The third kappa shape index (κ3) is 3.87. The second kappa shape index (κ2) is 4.96. The zero-order chi connectivity index (χ0) is 12.3. The lowest BCUT2D eigenvalue weighted by atomic mass is 10.5. The first-order valence-electron chi connectivity index (χ1n) is 5.47. The topological polar surface area (TPSA) is 102 Å². The minimum atomic E-state index is -0.471. The Balaban J connectivity index is 1.78. The molecule has 0 saturated heterocycles. The van der Waals surface area contributed by atoms with Gasteiger partial charge in [-0.1, -0.05) is 0 Å². The lowest BCUT2D eigenvalue weighted by molar-refractivity contribution is -0.118. The van der Waals surface area contributed by atoms with Gasteiger partial charge in [-0.25, -0.2) is 0 Å². The monoisotopic (exact) mass is 237 g/mol. The first-order chi connectivity index (χ1) is 8.13. The van der Waals surface area contributed by atoms with Gasteiger partial charge in [0.1, 0.15) is 6.54 Å². The molecule has 0 bridgehead atoms. The van der Waals surface area contributed by atoms with Crippen LogP contribution in [0.5, 0.6) is 0 Å². The van der Waals surface area contributed by atoms with E-state index in [1.54, 1.807) is 6.20 Å². The number of nitrogens with zero attached hydrogens (tertiary/aromatic N) is 2. The quantitative estimate of drug-likeness (QED) is 0.594. The van der Waals surface area contributed by atoms with E-state index in [2.05, 4.69) is 15.7 Å². The van der Waals surface area contributed by atoms with Gasteiger partial charge in [-0.3, -0.25) is 14.3 Å². The van der Waals surface area contributed by atoms with Gasteiger partial charge in [-0.2, -0.15) is 5.10 Å². The van der Waals surface area contributed by atoms with Crippen LogP contribution in [-0.2, 0) is 16.1 Å². The van der Waals surface area contributed by atoms with Crippen molar-refractivity contribution in [3.05, 3.63) is 12.4 Å². The van der Waals surface area contributed by atoms with Gasteiger partial charge in [0.05, 0.1) is 18.4 Å². The second-order valence-corrected chi connectivity index (χ2v) is 4.10.